The maximum atomic E-state index is 11.8. The molecular formula is C11H13ClN2O. The molecule has 1 aromatic carbocycles. The summed E-state index contributed by atoms with van der Waals surface area (Å²) in [5.41, 5.74) is 1.80. The highest BCUT2D eigenvalue weighted by Gasteiger charge is 2.24. The first-order valence-electron chi connectivity index (χ1n) is 4.90. The van der Waals surface area contributed by atoms with E-state index in [2.05, 4.69) is 5.32 Å². The van der Waals surface area contributed by atoms with Crippen LogP contribution in [0.4, 0.5) is 11.4 Å². The number of fused-ring (bicyclic) bond motifs is 1. The first-order valence-corrected chi connectivity index (χ1v) is 5.28. The second kappa shape index (κ2) is 3.74. The van der Waals surface area contributed by atoms with Crippen molar-refractivity contribution in [1.29, 1.82) is 0 Å². The van der Waals surface area contributed by atoms with Crippen LogP contribution in [0.2, 0.25) is 5.02 Å². The quantitative estimate of drug-likeness (QED) is 0.734. The summed E-state index contributed by atoms with van der Waals surface area (Å²) in [5.74, 6) is 0.116. The van der Waals surface area contributed by atoms with Crippen molar-refractivity contribution in [3.63, 3.8) is 0 Å². The number of carbonyl (C=O) groups excluding carboxylic acids is 1. The zero-order valence-corrected chi connectivity index (χ0v) is 9.51. The zero-order valence-electron chi connectivity index (χ0n) is 8.75. The zero-order chi connectivity index (χ0) is 11.0. The molecule has 80 valence electrons. The Morgan fingerprint density at radius 3 is 3.00 bits per heavy atom. The molecule has 0 aliphatic carbocycles. The van der Waals surface area contributed by atoms with Crippen molar-refractivity contribution in [2.24, 2.45) is 5.92 Å². The van der Waals surface area contributed by atoms with Crippen LogP contribution in [0.1, 0.15) is 6.92 Å². The van der Waals surface area contributed by atoms with E-state index in [1.54, 1.807) is 18.0 Å². The Labute approximate surface area is 94.0 Å². The average molecular weight is 225 g/mol. The summed E-state index contributed by atoms with van der Waals surface area (Å²) in [6, 6.07) is 5.50. The van der Waals surface area contributed by atoms with Gasteiger partial charge in [-0.3, -0.25) is 4.79 Å². The number of carbonyl (C=O) groups is 1. The highest BCUT2D eigenvalue weighted by atomic mass is 35.5. The van der Waals surface area contributed by atoms with Crippen LogP contribution in [0.15, 0.2) is 18.2 Å². The molecule has 4 heteroatoms. The fourth-order valence-electron chi connectivity index (χ4n) is 1.74. The van der Waals surface area contributed by atoms with Crippen molar-refractivity contribution in [3.05, 3.63) is 23.2 Å². The van der Waals surface area contributed by atoms with E-state index in [1.807, 2.05) is 19.1 Å². The van der Waals surface area contributed by atoms with Crippen LogP contribution in [0.5, 0.6) is 0 Å². The molecule has 15 heavy (non-hydrogen) atoms. The topological polar surface area (TPSA) is 32.3 Å². The van der Waals surface area contributed by atoms with Gasteiger partial charge in [0.25, 0.3) is 0 Å². The van der Waals surface area contributed by atoms with Gasteiger partial charge in [-0.25, -0.2) is 0 Å². The van der Waals surface area contributed by atoms with E-state index < -0.39 is 0 Å². The molecule has 0 saturated carbocycles. The molecule has 1 aromatic rings. The molecule has 0 aromatic heterocycles. The van der Waals surface area contributed by atoms with E-state index in [-0.39, 0.29) is 11.8 Å². The Bertz CT molecular complexity index is 406. The normalized spacial score (nSPS) is 20.6. The van der Waals surface area contributed by atoms with Crippen molar-refractivity contribution in [1.82, 2.24) is 0 Å². The maximum Gasteiger partial charge on any atom is 0.231 e. The van der Waals surface area contributed by atoms with Gasteiger partial charge < -0.3 is 10.2 Å². The van der Waals surface area contributed by atoms with Crippen LogP contribution in [0, 0.1) is 5.92 Å². The van der Waals surface area contributed by atoms with Crippen LogP contribution in [0.25, 0.3) is 0 Å². The minimum Gasteiger partial charge on any atom is -0.383 e. The van der Waals surface area contributed by atoms with Crippen LogP contribution in [0.3, 0.4) is 0 Å². The molecule has 1 atom stereocenters. The number of benzene rings is 1. The van der Waals surface area contributed by atoms with E-state index in [9.17, 15) is 4.79 Å². The van der Waals surface area contributed by atoms with E-state index in [0.29, 0.717) is 11.6 Å². The molecule has 0 spiro atoms. The second-order valence-corrected chi connectivity index (χ2v) is 4.28. The molecule has 0 saturated heterocycles. The molecule has 0 fully saturated rings. The summed E-state index contributed by atoms with van der Waals surface area (Å²) in [4.78, 5) is 13.5. The Morgan fingerprint density at radius 2 is 2.27 bits per heavy atom. The summed E-state index contributed by atoms with van der Waals surface area (Å²) in [6.45, 7) is 2.57. The molecule has 1 aliphatic rings. The van der Waals surface area contributed by atoms with E-state index in [1.165, 1.54) is 0 Å². The molecule has 0 bridgehead atoms. The number of amides is 1. The second-order valence-electron chi connectivity index (χ2n) is 3.84. The number of hydrogen-bond acceptors (Lipinski definition) is 2. The smallest absolute Gasteiger partial charge is 0.231 e. The SMILES string of the molecule is CC1CNc2cc(Cl)ccc2N(C)C1=O. The van der Waals surface area contributed by atoms with E-state index in [4.69, 9.17) is 11.6 Å². The Balaban J connectivity index is 2.47. The number of nitrogens with zero attached hydrogens (tertiary/aromatic N) is 1. The predicted octanol–water partition coefficient (Wildman–Crippen LogP) is 2.36. The van der Waals surface area contributed by atoms with E-state index >= 15 is 0 Å². The molecular weight excluding hydrogens is 212 g/mol. The van der Waals surface area contributed by atoms with Gasteiger partial charge >= 0.3 is 0 Å². The highest BCUT2D eigenvalue weighted by Crippen LogP contribution is 2.31. The largest absolute Gasteiger partial charge is 0.383 e. The number of rotatable bonds is 0. The van der Waals surface area contributed by atoms with Gasteiger partial charge in [0.05, 0.1) is 17.3 Å². The molecule has 1 unspecified atom stereocenters. The minimum atomic E-state index is -0.0128. The van der Waals surface area contributed by atoms with Crippen LogP contribution in [-0.4, -0.2) is 19.5 Å². The van der Waals surface area contributed by atoms with Gasteiger partial charge in [-0.1, -0.05) is 18.5 Å². The lowest BCUT2D eigenvalue weighted by molar-refractivity contribution is -0.121. The molecule has 1 heterocycles. The van der Waals surface area contributed by atoms with Crippen molar-refractivity contribution < 1.29 is 4.79 Å². The lowest BCUT2D eigenvalue weighted by Crippen LogP contribution is -2.31. The van der Waals surface area contributed by atoms with Gasteiger partial charge in [-0.05, 0) is 18.2 Å². The van der Waals surface area contributed by atoms with Crippen molar-refractivity contribution >= 4 is 28.9 Å². The Hall–Kier alpha value is -1.22. The summed E-state index contributed by atoms with van der Waals surface area (Å²) in [5, 5.41) is 3.91. The molecule has 3 nitrogen and oxygen atoms in total. The monoisotopic (exact) mass is 224 g/mol. The van der Waals surface area contributed by atoms with Gasteiger partial charge in [-0.15, -0.1) is 0 Å². The number of nitrogens with one attached hydrogen (secondary N) is 1. The predicted molar refractivity (Wildman–Crippen MR) is 62.5 cm³/mol. The summed E-state index contributed by atoms with van der Waals surface area (Å²) in [7, 11) is 1.79. The standard InChI is InChI=1S/C11H13ClN2O/c1-7-6-13-9-5-8(12)3-4-10(9)14(2)11(7)15/h3-5,7,13H,6H2,1-2H3. The van der Waals surface area contributed by atoms with Gasteiger partial charge in [0.1, 0.15) is 0 Å². The number of halogens is 1. The molecule has 1 aliphatic heterocycles. The van der Waals surface area contributed by atoms with Crippen LogP contribution >= 0.6 is 11.6 Å². The number of anilines is 2. The van der Waals surface area contributed by atoms with Crippen molar-refractivity contribution in [3.8, 4) is 0 Å². The van der Waals surface area contributed by atoms with Gasteiger partial charge in [0.2, 0.25) is 5.91 Å². The first-order chi connectivity index (χ1) is 7.09. The maximum absolute atomic E-state index is 11.8. The fourth-order valence-corrected chi connectivity index (χ4v) is 1.91. The first kappa shape index (κ1) is 10.3. The van der Waals surface area contributed by atoms with Crippen molar-refractivity contribution in [2.45, 2.75) is 6.92 Å². The average Bonchev–Trinajstić information content (AvgIpc) is 2.32. The molecule has 2 rings (SSSR count). The Morgan fingerprint density at radius 1 is 1.53 bits per heavy atom. The minimum absolute atomic E-state index is 0.0128. The van der Waals surface area contributed by atoms with Crippen LogP contribution < -0.4 is 10.2 Å². The number of hydrogen-bond donors (Lipinski definition) is 1. The lowest BCUT2D eigenvalue weighted by atomic mass is 10.1. The van der Waals surface area contributed by atoms with Gasteiger partial charge in [0, 0.05) is 18.6 Å². The summed E-state index contributed by atoms with van der Waals surface area (Å²) < 4.78 is 0. The molecule has 1 amide bonds. The van der Waals surface area contributed by atoms with Gasteiger partial charge in [0.15, 0.2) is 0 Å². The molecule has 0 radical (unpaired) electrons. The van der Waals surface area contributed by atoms with Crippen LogP contribution in [-0.2, 0) is 4.79 Å². The third kappa shape index (κ3) is 1.79. The summed E-state index contributed by atoms with van der Waals surface area (Å²) in [6.07, 6.45) is 0. The fraction of sp³-hybridized carbons (Fsp3) is 0.364. The Kier molecular flexibility index (Phi) is 2.57. The highest BCUT2D eigenvalue weighted by molar-refractivity contribution is 6.31. The molecule has 1 N–H and O–H groups in total. The van der Waals surface area contributed by atoms with E-state index in [0.717, 1.165) is 11.4 Å². The third-order valence-corrected chi connectivity index (χ3v) is 2.91. The summed E-state index contributed by atoms with van der Waals surface area (Å²) >= 11 is 5.91. The lowest BCUT2D eigenvalue weighted by Gasteiger charge is -2.18. The van der Waals surface area contributed by atoms with Crippen molar-refractivity contribution in [2.75, 3.05) is 23.8 Å². The third-order valence-electron chi connectivity index (χ3n) is 2.67. The van der Waals surface area contributed by atoms with Gasteiger partial charge in [-0.2, -0.15) is 0 Å².